The van der Waals surface area contributed by atoms with E-state index in [9.17, 15) is 4.79 Å². The van der Waals surface area contributed by atoms with Crippen LogP contribution in [0.25, 0.3) is 27.8 Å². The molecule has 0 amide bonds. The molecule has 3 heterocycles. The number of carbonyl (C=O) groups is 1. The Morgan fingerprint density at radius 2 is 1.97 bits per heavy atom. The molecule has 2 aromatic heterocycles. The van der Waals surface area contributed by atoms with E-state index in [4.69, 9.17) is 20.6 Å². The Bertz CT molecular complexity index is 1240. The number of imidazole rings is 1. The van der Waals surface area contributed by atoms with E-state index in [1.54, 1.807) is 24.5 Å². The standard InChI is InChI=1S/C22H21N5O3/c23-15-8-10-26(11-9-15)19-3-1-2-14-4-7-20(25-21(14)19)27-13-24-17-12-16(30-22(28)29)5-6-18(17)27/h1-7,12-13,15H,8-11,23H2,(H,28,29). The molecule has 5 rings (SSSR count). The van der Waals surface area contributed by atoms with Crippen LogP contribution in [0.15, 0.2) is 54.9 Å². The van der Waals surface area contributed by atoms with Gasteiger partial charge in [0.25, 0.3) is 0 Å². The van der Waals surface area contributed by atoms with E-state index in [1.807, 2.05) is 10.6 Å². The van der Waals surface area contributed by atoms with Gasteiger partial charge in [-0.2, -0.15) is 0 Å². The average molecular weight is 403 g/mol. The van der Waals surface area contributed by atoms with Gasteiger partial charge < -0.3 is 20.5 Å². The minimum absolute atomic E-state index is 0.234. The molecular formula is C22H21N5O3. The third-order valence-electron chi connectivity index (χ3n) is 5.54. The Balaban J connectivity index is 1.56. The number of pyridine rings is 1. The molecule has 0 atom stereocenters. The monoisotopic (exact) mass is 403 g/mol. The third kappa shape index (κ3) is 3.31. The number of para-hydroxylation sites is 1. The number of fused-ring (bicyclic) bond motifs is 2. The Hall–Kier alpha value is -3.65. The number of piperidine rings is 1. The van der Waals surface area contributed by atoms with Gasteiger partial charge in [-0.25, -0.2) is 14.8 Å². The van der Waals surface area contributed by atoms with E-state index in [-0.39, 0.29) is 11.8 Å². The number of anilines is 1. The summed E-state index contributed by atoms with van der Waals surface area (Å²) < 4.78 is 6.61. The summed E-state index contributed by atoms with van der Waals surface area (Å²) >= 11 is 0. The van der Waals surface area contributed by atoms with E-state index in [0.29, 0.717) is 5.52 Å². The lowest BCUT2D eigenvalue weighted by atomic mass is 10.0. The number of nitrogens with two attached hydrogens (primary N) is 1. The highest BCUT2D eigenvalue weighted by molar-refractivity contribution is 5.92. The first-order valence-corrected chi connectivity index (χ1v) is 9.87. The molecule has 3 N–H and O–H groups in total. The zero-order chi connectivity index (χ0) is 20.7. The van der Waals surface area contributed by atoms with Gasteiger partial charge in [0.05, 0.1) is 22.2 Å². The van der Waals surface area contributed by atoms with Crippen molar-refractivity contribution < 1.29 is 14.6 Å². The normalized spacial score (nSPS) is 15.0. The van der Waals surface area contributed by atoms with Crippen LogP contribution >= 0.6 is 0 Å². The van der Waals surface area contributed by atoms with Crippen LogP contribution in [0, 0.1) is 0 Å². The molecule has 4 aromatic rings. The molecule has 0 unspecified atom stereocenters. The maximum atomic E-state index is 10.8. The minimum Gasteiger partial charge on any atom is -0.449 e. The van der Waals surface area contributed by atoms with Crippen LogP contribution in [-0.2, 0) is 0 Å². The SMILES string of the molecule is NC1CCN(c2cccc3ccc(-n4cnc5cc(OC(=O)O)ccc54)nc23)CC1. The van der Waals surface area contributed by atoms with Crippen molar-refractivity contribution in [3.63, 3.8) is 0 Å². The van der Waals surface area contributed by atoms with Crippen molar-refractivity contribution in [2.75, 3.05) is 18.0 Å². The van der Waals surface area contributed by atoms with Crippen molar-refractivity contribution in [2.45, 2.75) is 18.9 Å². The van der Waals surface area contributed by atoms with Crippen LogP contribution in [0.3, 0.4) is 0 Å². The summed E-state index contributed by atoms with van der Waals surface area (Å²) in [5, 5.41) is 9.88. The molecule has 2 aromatic carbocycles. The van der Waals surface area contributed by atoms with Crippen LogP contribution in [0.5, 0.6) is 5.75 Å². The quantitative estimate of drug-likeness (QED) is 0.398. The highest BCUT2D eigenvalue weighted by atomic mass is 16.7. The number of carboxylic acid groups (broad SMARTS) is 1. The van der Waals surface area contributed by atoms with Gasteiger partial charge in [0, 0.05) is 30.6 Å². The van der Waals surface area contributed by atoms with Gasteiger partial charge in [-0.3, -0.25) is 4.57 Å². The topological polar surface area (TPSA) is 106 Å². The van der Waals surface area contributed by atoms with Crippen LogP contribution in [0.4, 0.5) is 10.5 Å². The first-order valence-electron chi connectivity index (χ1n) is 9.87. The number of aromatic nitrogens is 3. The lowest BCUT2D eigenvalue weighted by molar-refractivity contribution is 0.144. The molecule has 0 bridgehead atoms. The summed E-state index contributed by atoms with van der Waals surface area (Å²) in [6.45, 7) is 1.85. The lowest BCUT2D eigenvalue weighted by Crippen LogP contribution is -2.39. The van der Waals surface area contributed by atoms with Crippen molar-refractivity contribution in [1.82, 2.24) is 14.5 Å². The van der Waals surface area contributed by atoms with Crippen LogP contribution in [0.2, 0.25) is 0 Å². The molecule has 152 valence electrons. The van der Waals surface area contributed by atoms with Crippen LogP contribution in [-0.4, -0.2) is 44.9 Å². The third-order valence-corrected chi connectivity index (χ3v) is 5.54. The summed E-state index contributed by atoms with van der Waals surface area (Å²) in [5.41, 5.74) is 9.58. The van der Waals surface area contributed by atoms with Crippen molar-refractivity contribution in [2.24, 2.45) is 5.73 Å². The Morgan fingerprint density at radius 3 is 2.77 bits per heavy atom. The fourth-order valence-corrected chi connectivity index (χ4v) is 3.99. The van der Waals surface area contributed by atoms with Gasteiger partial charge >= 0.3 is 6.16 Å². The molecule has 30 heavy (non-hydrogen) atoms. The molecule has 8 heteroatoms. The number of rotatable bonds is 3. The fourth-order valence-electron chi connectivity index (χ4n) is 3.99. The Kier molecular flexibility index (Phi) is 4.48. The maximum absolute atomic E-state index is 10.8. The zero-order valence-electron chi connectivity index (χ0n) is 16.2. The van der Waals surface area contributed by atoms with Gasteiger partial charge in [-0.1, -0.05) is 12.1 Å². The van der Waals surface area contributed by atoms with E-state index >= 15 is 0 Å². The molecule has 0 saturated carbocycles. The lowest BCUT2D eigenvalue weighted by Gasteiger charge is -2.32. The highest BCUT2D eigenvalue weighted by Gasteiger charge is 2.19. The molecule has 1 aliphatic heterocycles. The van der Waals surface area contributed by atoms with Crippen molar-refractivity contribution >= 4 is 33.8 Å². The predicted octanol–water partition coefficient (Wildman–Crippen LogP) is 3.56. The summed E-state index contributed by atoms with van der Waals surface area (Å²) in [6.07, 6.45) is 2.29. The molecule has 0 aliphatic carbocycles. The highest BCUT2D eigenvalue weighted by Crippen LogP contribution is 2.29. The van der Waals surface area contributed by atoms with Gasteiger partial charge in [0.2, 0.25) is 0 Å². The fraction of sp³-hybridized carbons (Fsp3) is 0.227. The number of hydrogen-bond donors (Lipinski definition) is 2. The van der Waals surface area contributed by atoms with E-state index in [2.05, 4.69) is 34.1 Å². The average Bonchev–Trinajstić information content (AvgIpc) is 3.16. The molecule has 1 fully saturated rings. The first-order chi connectivity index (χ1) is 14.6. The van der Waals surface area contributed by atoms with Crippen molar-refractivity contribution in [3.8, 4) is 11.6 Å². The maximum Gasteiger partial charge on any atom is 0.511 e. The summed E-state index contributed by atoms with van der Waals surface area (Å²) in [7, 11) is 0. The second-order valence-corrected chi connectivity index (χ2v) is 7.48. The molecule has 0 spiro atoms. The van der Waals surface area contributed by atoms with E-state index < -0.39 is 6.16 Å². The Labute approximate surface area is 172 Å². The van der Waals surface area contributed by atoms with Crippen LogP contribution < -0.4 is 15.4 Å². The summed E-state index contributed by atoms with van der Waals surface area (Å²) in [6, 6.07) is 15.5. The Morgan fingerprint density at radius 1 is 1.13 bits per heavy atom. The van der Waals surface area contributed by atoms with Crippen LogP contribution in [0.1, 0.15) is 12.8 Å². The van der Waals surface area contributed by atoms with E-state index in [1.165, 1.54) is 0 Å². The number of nitrogens with zero attached hydrogens (tertiary/aromatic N) is 4. The second kappa shape index (κ2) is 7.31. The molecular weight excluding hydrogens is 382 g/mol. The first kappa shape index (κ1) is 18.4. The van der Waals surface area contributed by atoms with Gasteiger partial charge in [-0.15, -0.1) is 0 Å². The zero-order valence-corrected chi connectivity index (χ0v) is 16.2. The smallest absolute Gasteiger partial charge is 0.449 e. The van der Waals surface area contributed by atoms with Gasteiger partial charge in [0.1, 0.15) is 17.9 Å². The second-order valence-electron chi connectivity index (χ2n) is 7.48. The number of hydrogen-bond acceptors (Lipinski definition) is 6. The minimum atomic E-state index is -1.35. The molecule has 1 aliphatic rings. The van der Waals surface area contributed by atoms with Gasteiger partial charge in [-0.05, 0) is 43.2 Å². The van der Waals surface area contributed by atoms with E-state index in [0.717, 1.165) is 53.9 Å². The number of benzene rings is 2. The predicted molar refractivity (Wildman–Crippen MR) is 114 cm³/mol. The molecule has 1 saturated heterocycles. The molecule has 0 radical (unpaired) electrons. The summed E-state index contributed by atoms with van der Waals surface area (Å²) in [5.74, 6) is 0.982. The van der Waals surface area contributed by atoms with Gasteiger partial charge in [0.15, 0.2) is 0 Å². The van der Waals surface area contributed by atoms with Crippen molar-refractivity contribution in [1.29, 1.82) is 0 Å². The number of ether oxygens (including phenoxy) is 1. The molecule has 8 nitrogen and oxygen atoms in total. The van der Waals surface area contributed by atoms with Crippen molar-refractivity contribution in [3.05, 3.63) is 54.9 Å². The largest absolute Gasteiger partial charge is 0.511 e. The summed E-state index contributed by atoms with van der Waals surface area (Å²) in [4.78, 5) is 22.5.